The van der Waals surface area contributed by atoms with Gasteiger partial charge in [-0.05, 0) is 23.3 Å². The molecule has 0 bridgehead atoms. The lowest BCUT2D eigenvalue weighted by Gasteiger charge is -2.02. The molecule has 0 spiro atoms. The predicted octanol–water partition coefficient (Wildman–Crippen LogP) is 4.06. The van der Waals surface area contributed by atoms with Crippen LogP contribution in [0, 0.1) is 0 Å². The third kappa shape index (κ3) is 3.97. The van der Waals surface area contributed by atoms with E-state index in [1.807, 2.05) is 30.3 Å². The van der Waals surface area contributed by atoms with E-state index in [0.717, 1.165) is 11.1 Å². The van der Waals surface area contributed by atoms with E-state index in [1.54, 1.807) is 29.1 Å². The molecule has 0 saturated carbocycles. The van der Waals surface area contributed by atoms with Gasteiger partial charge in [0.05, 0.1) is 12.7 Å². The van der Waals surface area contributed by atoms with Gasteiger partial charge in [-0.15, -0.1) is 5.10 Å². The van der Waals surface area contributed by atoms with Crippen molar-refractivity contribution in [2.45, 2.75) is 13.0 Å². The van der Waals surface area contributed by atoms with Crippen molar-refractivity contribution in [1.82, 2.24) is 15.0 Å². The van der Waals surface area contributed by atoms with E-state index in [-0.39, 0.29) is 12.2 Å². The summed E-state index contributed by atoms with van der Waals surface area (Å²) in [6.45, 7) is 0.572. The predicted molar refractivity (Wildman–Crippen MR) is 90.1 cm³/mol. The number of rotatable bonds is 5. The molecule has 2 aromatic carbocycles. The number of aromatic nitrogens is 3. The molecule has 0 fully saturated rings. The van der Waals surface area contributed by atoms with Crippen LogP contribution in [-0.2, 0) is 13.0 Å². The molecule has 1 aromatic heterocycles. The molecular formula is C17H13Cl2N3O. The number of carbonyl (C=O) groups excluding carboxylic acids is 1. The van der Waals surface area contributed by atoms with Crippen LogP contribution in [-0.4, -0.2) is 20.8 Å². The number of Topliss-reactive ketones (excluding diaryl/α,β-unsaturated/α-hetero) is 1. The molecule has 6 heteroatoms. The minimum absolute atomic E-state index is 0.131. The van der Waals surface area contributed by atoms with Gasteiger partial charge in [0, 0.05) is 16.5 Å². The van der Waals surface area contributed by atoms with Crippen molar-refractivity contribution in [3.8, 4) is 0 Å². The highest BCUT2D eigenvalue weighted by atomic mass is 35.5. The first-order valence-corrected chi connectivity index (χ1v) is 7.78. The van der Waals surface area contributed by atoms with E-state index in [2.05, 4.69) is 10.3 Å². The highest BCUT2D eigenvalue weighted by molar-refractivity contribution is 6.35. The van der Waals surface area contributed by atoms with Crippen molar-refractivity contribution in [2.75, 3.05) is 0 Å². The molecule has 1 heterocycles. The van der Waals surface area contributed by atoms with Crippen LogP contribution in [0.2, 0.25) is 10.0 Å². The van der Waals surface area contributed by atoms with Crippen molar-refractivity contribution in [3.05, 3.63) is 81.6 Å². The molecule has 0 amide bonds. The SMILES string of the molecule is O=C(Cc1ccc(Cl)cc1Cl)c1cn(Cc2ccccc2)nn1. The van der Waals surface area contributed by atoms with Gasteiger partial charge in [0.15, 0.2) is 5.78 Å². The number of carbonyl (C=O) groups is 1. The Morgan fingerprint density at radius 1 is 1.09 bits per heavy atom. The molecular weight excluding hydrogens is 333 g/mol. The van der Waals surface area contributed by atoms with Gasteiger partial charge in [0.25, 0.3) is 0 Å². The van der Waals surface area contributed by atoms with Crippen molar-refractivity contribution in [1.29, 1.82) is 0 Å². The quantitative estimate of drug-likeness (QED) is 0.655. The maximum Gasteiger partial charge on any atom is 0.189 e. The molecule has 23 heavy (non-hydrogen) atoms. The van der Waals surface area contributed by atoms with E-state index in [1.165, 1.54) is 0 Å². The molecule has 3 rings (SSSR count). The summed E-state index contributed by atoms with van der Waals surface area (Å²) in [5.74, 6) is -0.131. The third-order valence-corrected chi connectivity index (χ3v) is 3.96. The van der Waals surface area contributed by atoms with E-state index in [4.69, 9.17) is 23.2 Å². The molecule has 0 aliphatic rings. The normalized spacial score (nSPS) is 10.7. The standard InChI is InChI=1S/C17H13Cl2N3O/c18-14-7-6-13(15(19)9-14)8-17(23)16-11-22(21-20-16)10-12-4-2-1-3-5-12/h1-7,9,11H,8,10H2. The number of benzene rings is 2. The Bertz CT molecular complexity index is 831. The minimum atomic E-state index is -0.131. The van der Waals surface area contributed by atoms with Gasteiger partial charge in [0.1, 0.15) is 5.69 Å². The summed E-state index contributed by atoms with van der Waals surface area (Å²) in [4.78, 5) is 12.3. The van der Waals surface area contributed by atoms with E-state index in [9.17, 15) is 4.79 Å². The van der Waals surface area contributed by atoms with Gasteiger partial charge >= 0.3 is 0 Å². The summed E-state index contributed by atoms with van der Waals surface area (Å²) in [6, 6.07) is 14.9. The van der Waals surface area contributed by atoms with E-state index in [0.29, 0.717) is 22.3 Å². The van der Waals surface area contributed by atoms with Crippen LogP contribution in [0.1, 0.15) is 21.6 Å². The van der Waals surface area contributed by atoms with E-state index < -0.39 is 0 Å². The van der Waals surface area contributed by atoms with Crippen LogP contribution in [0.4, 0.5) is 0 Å². The Kier molecular flexibility index (Phi) is 4.74. The molecule has 0 aliphatic carbocycles. The van der Waals surface area contributed by atoms with Crippen LogP contribution in [0.15, 0.2) is 54.7 Å². The monoisotopic (exact) mass is 345 g/mol. The lowest BCUT2D eigenvalue weighted by atomic mass is 10.1. The summed E-state index contributed by atoms with van der Waals surface area (Å²) in [6.07, 6.45) is 1.82. The van der Waals surface area contributed by atoms with Crippen molar-refractivity contribution >= 4 is 29.0 Å². The van der Waals surface area contributed by atoms with Gasteiger partial charge in [-0.2, -0.15) is 0 Å². The zero-order valence-corrected chi connectivity index (χ0v) is 13.6. The summed E-state index contributed by atoms with van der Waals surface area (Å²) in [7, 11) is 0. The number of halogens is 2. The van der Waals surface area contributed by atoms with Crippen LogP contribution in [0.3, 0.4) is 0 Å². The average molecular weight is 346 g/mol. The molecule has 0 atom stereocenters. The Labute approximate surface area is 143 Å². The Hall–Kier alpha value is -2.17. The molecule has 0 N–H and O–H groups in total. The summed E-state index contributed by atoms with van der Waals surface area (Å²) >= 11 is 12.0. The second-order valence-electron chi connectivity index (χ2n) is 5.12. The fourth-order valence-corrected chi connectivity index (χ4v) is 2.68. The Morgan fingerprint density at radius 3 is 2.61 bits per heavy atom. The highest BCUT2D eigenvalue weighted by Crippen LogP contribution is 2.22. The maximum absolute atomic E-state index is 12.3. The van der Waals surface area contributed by atoms with Crippen molar-refractivity contribution < 1.29 is 4.79 Å². The van der Waals surface area contributed by atoms with Gasteiger partial charge < -0.3 is 0 Å². The third-order valence-electron chi connectivity index (χ3n) is 3.38. The summed E-state index contributed by atoms with van der Waals surface area (Å²) < 4.78 is 1.64. The first kappa shape index (κ1) is 15.7. The second kappa shape index (κ2) is 6.94. The average Bonchev–Trinajstić information content (AvgIpc) is 3.00. The molecule has 3 aromatic rings. The molecule has 4 nitrogen and oxygen atoms in total. The lowest BCUT2D eigenvalue weighted by Crippen LogP contribution is -2.04. The molecule has 116 valence electrons. The first-order chi connectivity index (χ1) is 11.1. The number of hydrogen-bond acceptors (Lipinski definition) is 3. The Balaban J connectivity index is 1.71. The summed E-state index contributed by atoms with van der Waals surface area (Å²) in [5, 5.41) is 8.97. The van der Waals surface area contributed by atoms with Crippen LogP contribution in [0.25, 0.3) is 0 Å². The minimum Gasteiger partial charge on any atom is -0.292 e. The van der Waals surface area contributed by atoms with E-state index >= 15 is 0 Å². The van der Waals surface area contributed by atoms with Gasteiger partial charge in [-0.25, -0.2) is 4.68 Å². The maximum atomic E-state index is 12.3. The Morgan fingerprint density at radius 2 is 1.87 bits per heavy atom. The van der Waals surface area contributed by atoms with Crippen LogP contribution >= 0.6 is 23.2 Å². The number of ketones is 1. The van der Waals surface area contributed by atoms with Crippen molar-refractivity contribution in [3.63, 3.8) is 0 Å². The van der Waals surface area contributed by atoms with Crippen LogP contribution in [0.5, 0.6) is 0 Å². The lowest BCUT2D eigenvalue weighted by molar-refractivity contribution is 0.0988. The highest BCUT2D eigenvalue weighted by Gasteiger charge is 2.14. The molecule has 0 unspecified atom stereocenters. The molecule has 0 saturated heterocycles. The molecule has 0 radical (unpaired) electrons. The fraction of sp³-hybridized carbons (Fsp3) is 0.118. The number of hydrogen-bond donors (Lipinski definition) is 0. The summed E-state index contributed by atoms with van der Waals surface area (Å²) in [5.41, 5.74) is 2.14. The first-order valence-electron chi connectivity index (χ1n) is 7.03. The van der Waals surface area contributed by atoms with Gasteiger partial charge in [-0.3, -0.25) is 4.79 Å². The van der Waals surface area contributed by atoms with Gasteiger partial charge in [0.2, 0.25) is 0 Å². The fourth-order valence-electron chi connectivity index (χ4n) is 2.20. The topological polar surface area (TPSA) is 47.8 Å². The molecule has 0 aliphatic heterocycles. The van der Waals surface area contributed by atoms with Crippen molar-refractivity contribution in [2.24, 2.45) is 0 Å². The smallest absolute Gasteiger partial charge is 0.189 e. The zero-order valence-electron chi connectivity index (χ0n) is 12.1. The van der Waals surface area contributed by atoms with Crippen LogP contribution < -0.4 is 0 Å². The zero-order chi connectivity index (χ0) is 16.2. The number of nitrogens with zero attached hydrogens (tertiary/aromatic N) is 3. The largest absolute Gasteiger partial charge is 0.292 e. The van der Waals surface area contributed by atoms with Gasteiger partial charge in [-0.1, -0.05) is 64.8 Å². The second-order valence-corrected chi connectivity index (χ2v) is 5.97.